The van der Waals surface area contributed by atoms with Gasteiger partial charge in [-0.25, -0.2) is 9.97 Å². The fourth-order valence-corrected chi connectivity index (χ4v) is 3.60. The van der Waals surface area contributed by atoms with Gasteiger partial charge in [0, 0.05) is 18.6 Å². The molecule has 96 valence electrons. The van der Waals surface area contributed by atoms with Crippen molar-refractivity contribution >= 4 is 55.7 Å². The molecule has 0 saturated heterocycles. The van der Waals surface area contributed by atoms with Gasteiger partial charge in [-0.3, -0.25) is 0 Å². The number of halogens is 2. The van der Waals surface area contributed by atoms with E-state index in [4.69, 9.17) is 4.74 Å². The van der Waals surface area contributed by atoms with Gasteiger partial charge in [0.25, 0.3) is 0 Å². The molecule has 0 atom stereocenters. The standard InChI is InChI=1S/C11H11BrIN3OS/c1-14-10-8(13)7(5-17-2)15-11(16-10)9-6(12)3-4-18-9/h3-4H,5H2,1-2H3,(H,14,15,16). The zero-order valence-electron chi connectivity index (χ0n) is 9.83. The summed E-state index contributed by atoms with van der Waals surface area (Å²) in [6.45, 7) is 0.478. The van der Waals surface area contributed by atoms with Gasteiger partial charge in [0.05, 0.1) is 20.7 Å². The third kappa shape index (κ3) is 2.84. The van der Waals surface area contributed by atoms with Gasteiger partial charge in [-0.1, -0.05) is 0 Å². The minimum Gasteiger partial charge on any atom is -0.378 e. The fourth-order valence-electron chi connectivity index (χ4n) is 1.45. The number of methoxy groups -OCH3 is 1. The Morgan fingerprint density at radius 3 is 2.83 bits per heavy atom. The van der Waals surface area contributed by atoms with Crippen LogP contribution in [0.1, 0.15) is 5.69 Å². The molecule has 18 heavy (non-hydrogen) atoms. The minimum absolute atomic E-state index is 0.478. The Morgan fingerprint density at radius 1 is 1.50 bits per heavy atom. The van der Waals surface area contributed by atoms with Crippen LogP contribution >= 0.6 is 49.9 Å². The van der Waals surface area contributed by atoms with Crippen LogP contribution in [-0.4, -0.2) is 24.1 Å². The summed E-state index contributed by atoms with van der Waals surface area (Å²) in [5.41, 5.74) is 0.896. The van der Waals surface area contributed by atoms with Crippen LogP contribution in [0.2, 0.25) is 0 Å². The number of aromatic nitrogens is 2. The van der Waals surface area contributed by atoms with E-state index in [-0.39, 0.29) is 0 Å². The lowest BCUT2D eigenvalue weighted by Gasteiger charge is -2.10. The number of thiophene rings is 1. The van der Waals surface area contributed by atoms with Crippen molar-refractivity contribution in [3.63, 3.8) is 0 Å². The molecule has 0 aromatic carbocycles. The minimum atomic E-state index is 0.478. The van der Waals surface area contributed by atoms with Gasteiger partial charge in [0.2, 0.25) is 0 Å². The molecule has 2 aromatic heterocycles. The predicted molar refractivity (Wildman–Crippen MR) is 86.0 cm³/mol. The van der Waals surface area contributed by atoms with Crippen molar-refractivity contribution in [1.82, 2.24) is 9.97 Å². The Kier molecular flexibility index (Phi) is 4.93. The second kappa shape index (κ2) is 6.27. The lowest BCUT2D eigenvalue weighted by Crippen LogP contribution is -2.05. The fraction of sp³-hybridized carbons (Fsp3) is 0.273. The van der Waals surface area contributed by atoms with Crippen LogP contribution in [0, 0.1) is 3.57 Å². The normalized spacial score (nSPS) is 10.7. The second-order valence-electron chi connectivity index (χ2n) is 3.44. The van der Waals surface area contributed by atoms with E-state index in [1.807, 2.05) is 18.5 Å². The molecule has 0 aliphatic rings. The summed E-state index contributed by atoms with van der Waals surface area (Å²) in [6.07, 6.45) is 0. The van der Waals surface area contributed by atoms with Gasteiger partial charge in [-0.2, -0.15) is 0 Å². The highest BCUT2D eigenvalue weighted by molar-refractivity contribution is 14.1. The summed E-state index contributed by atoms with van der Waals surface area (Å²) in [7, 11) is 3.52. The number of nitrogens with zero attached hydrogens (tertiary/aromatic N) is 2. The van der Waals surface area contributed by atoms with Crippen LogP contribution in [-0.2, 0) is 11.3 Å². The third-order valence-corrected chi connectivity index (χ3v) is 5.23. The Balaban J connectivity index is 2.55. The number of hydrogen-bond donors (Lipinski definition) is 1. The smallest absolute Gasteiger partial charge is 0.173 e. The van der Waals surface area contributed by atoms with Gasteiger partial charge >= 0.3 is 0 Å². The summed E-state index contributed by atoms with van der Waals surface area (Å²) in [5, 5.41) is 5.10. The molecule has 4 nitrogen and oxygen atoms in total. The first-order valence-corrected chi connectivity index (χ1v) is 7.89. The first-order valence-electron chi connectivity index (χ1n) is 5.13. The lowest BCUT2D eigenvalue weighted by molar-refractivity contribution is 0.181. The summed E-state index contributed by atoms with van der Waals surface area (Å²) < 4.78 is 7.19. The molecule has 0 saturated carbocycles. The monoisotopic (exact) mass is 439 g/mol. The highest BCUT2D eigenvalue weighted by Gasteiger charge is 2.15. The maximum absolute atomic E-state index is 5.18. The van der Waals surface area contributed by atoms with E-state index in [0.717, 1.165) is 24.4 Å². The van der Waals surface area contributed by atoms with Crippen molar-refractivity contribution in [2.24, 2.45) is 0 Å². The molecule has 0 aliphatic heterocycles. The molecule has 0 aliphatic carbocycles. The molecular formula is C11H11BrIN3OS. The quantitative estimate of drug-likeness (QED) is 0.736. The average Bonchev–Trinajstić information content (AvgIpc) is 2.78. The highest BCUT2D eigenvalue weighted by atomic mass is 127. The maximum Gasteiger partial charge on any atom is 0.173 e. The first-order chi connectivity index (χ1) is 8.67. The van der Waals surface area contributed by atoms with E-state index in [0.29, 0.717) is 12.4 Å². The Morgan fingerprint density at radius 2 is 2.28 bits per heavy atom. The van der Waals surface area contributed by atoms with Gasteiger partial charge in [-0.05, 0) is 50.0 Å². The SMILES string of the molecule is CNc1nc(-c2sccc2Br)nc(COC)c1I. The summed E-state index contributed by atoms with van der Waals surface area (Å²) >= 11 is 7.35. The number of ether oxygens (including phenoxy) is 1. The zero-order chi connectivity index (χ0) is 13.1. The molecule has 2 heterocycles. The van der Waals surface area contributed by atoms with Crippen molar-refractivity contribution in [3.05, 3.63) is 25.2 Å². The molecule has 0 unspecified atom stereocenters. The average molecular weight is 440 g/mol. The van der Waals surface area contributed by atoms with Gasteiger partial charge in [0.15, 0.2) is 5.82 Å². The van der Waals surface area contributed by atoms with Crippen molar-refractivity contribution in [2.45, 2.75) is 6.61 Å². The lowest BCUT2D eigenvalue weighted by atomic mass is 10.3. The molecule has 2 rings (SSSR count). The van der Waals surface area contributed by atoms with Gasteiger partial charge in [-0.15, -0.1) is 11.3 Å². The molecule has 2 aromatic rings. The van der Waals surface area contributed by atoms with Crippen LogP contribution in [0.25, 0.3) is 10.7 Å². The van der Waals surface area contributed by atoms with E-state index in [9.17, 15) is 0 Å². The molecule has 0 fully saturated rings. The van der Waals surface area contributed by atoms with E-state index in [2.05, 4.69) is 53.8 Å². The molecular weight excluding hydrogens is 429 g/mol. The second-order valence-corrected chi connectivity index (χ2v) is 6.29. The summed E-state index contributed by atoms with van der Waals surface area (Å²) in [4.78, 5) is 10.1. The maximum atomic E-state index is 5.18. The first kappa shape index (κ1) is 14.2. The molecule has 7 heteroatoms. The molecule has 0 spiro atoms. The Labute approximate surface area is 131 Å². The number of anilines is 1. The number of nitrogens with one attached hydrogen (secondary N) is 1. The van der Waals surface area contributed by atoms with Crippen molar-refractivity contribution in [2.75, 3.05) is 19.5 Å². The van der Waals surface area contributed by atoms with Crippen LogP contribution in [0.5, 0.6) is 0 Å². The Hall–Kier alpha value is -0.250. The van der Waals surface area contributed by atoms with Crippen LogP contribution < -0.4 is 5.32 Å². The van der Waals surface area contributed by atoms with Crippen LogP contribution in [0.4, 0.5) is 5.82 Å². The van der Waals surface area contributed by atoms with Crippen LogP contribution in [0.15, 0.2) is 15.9 Å². The highest BCUT2D eigenvalue weighted by Crippen LogP contribution is 2.33. The molecule has 1 N–H and O–H groups in total. The molecule has 0 bridgehead atoms. The molecule has 0 amide bonds. The van der Waals surface area contributed by atoms with Crippen LogP contribution in [0.3, 0.4) is 0 Å². The molecule has 0 radical (unpaired) electrons. The van der Waals surface area contributed by atoms with Gasteiger partial charge < -0.3 is 10.1 Å². The van der Waals surface area contributed by atoms with Crippen molar-refractivity contribution in [1.29, 1.82) is 0 Å². The number of rotatable bonds is 4. The summed E-state index contributed by atoms with van der Waals surface area (Å²) in [5.74, 6) is 1.54. The van der Waals surface area contributed by atoms with Gasteiger partial charge in [0.1, 0.15) is 5.82 Å². The Bertz CT molecular complexity index is 561. The predicted octanol–water partition coefficient (Wildman–Crippen LogP) is 3.76. The zero-order valence-corrected chi connectivity index (χ0v) is 14.4. The van der Waals surface area contributed by atoms with Crippen molar-refractivity contribution < 1.29 is 4.74 Å². The van der Waals surface area contributed by atoms with E-state index in [1.165, 1.54) is 0 Å². The van der Waals surface area contributed by atoms with E-state index < -0.39 is 0 Å². The van der Waals surface area contributed by atoms with Crippen molar-refractivity contribution in [3.8, 4) is 10.7 Å². The van der Waals surface area contributed by atoms with E-state index >= 15 is 0 Å². The third-order valence-electron chi connectivity index (χ3n) is 2.26. The number of hydrogen-bond acceptors (Lipinski definition) is 5. The largest absolute Gasteiger partial charge is 0.378 e. The topological polar surface area (TPSA) is 47.0 Å². The summed E-state index contributed by atoms with van der Waals surface area (Å²) in [6, 6.07) is 2.00. The van der Waals surface area contributed by atoms with E-state index in [1.54, 1.807) is 18.4 Å².